The summed E-state index contributed by atoms with van der Waals surface area (Å²) in [5.74, 6) is -0.567. The van der Waals surface area contributed by atoms with Crippen LogP contribution in [0.25, 0.3) is 0 Å². The van der Waals surface area contributed by atoms with Crippen molar-refractivity contribution in [3.63, 3.8) is 0 Å². The van der Waals surface area contributed by atoms with E-state index in [0.717, 1.165) is 5.57 Å². The Bertz CT molecular complexity index is 922. The minimum Gasteiger partial charge on any atom is -0.460 e. The molecule has 4 atom stereocenters. The van der Waals surface area contributed by atoms with E-state index < -0.39 is 43.7 Å². The lowest BCUT2D eigenvalue weighted by Crippen LogP contribution is -2.47. The first-order chi connectivity index (χ1) is 19.1. The van der Waals surface area contributed by atoms with E-state index >= 15 is 0 Å². The highest BCUT2D eigenvalue weighted by molar-refractivity contribution is 7.98. The van der Waals surface area contributed by atoms with Crippen molar-refractivity contribution in [3.8, 4) is 0 Å². The summed E-state index contributed by atoms with van der Waals surface area (Å²) >= 11 is 18.9. The third-order valence-electron chi connectivity index (χ3n) is 7.57. The van der Waals surface area contributed by atoms with Gasteiger partial charge >= 0.3 is 5.97 Å². The first kappa shape index (κ1) is 38.8. The van der Waals surface area contributed by atoms with Crippen LogP contribution in [0.3, 0.4) is 0 Å². The van der Waals surface area contributed by atoms with Gasteiger partial charge in [0.05, 0.1) is 18.1 Å². The van der Waals surface area contributed by atoms with Gasteiger partial charge in [-0.3, -0.25) is 4.79 Å². The number of rotatable bonds is 16. The van der Waals surface area contributed by atoms with Crippen LogP contribution >= 0.6 is 46.6 Å². The van der Waals surface area contributed by atoms with Crippen LogP contribution in [0, 0.1) is 11.8 Å². The topological polar surface area (TPSA) is 65.1 Å². The van der Waals surface area contributed by atoms with Crippen molar-refractivity contribution in [3.05, 3.63) is 23.3 Å². The highest BCUT2D eigenvalue weighted by atomic mass is 35.6. The predicted octanol–water partition coefficient (Wildman–Crippen LogP) is 8.81. The SMILES string of the molecule is [2H]CN(C(=O)/C(C)=C/C[C@H](OCSC)[C@H](C)[C@H](O[Si](C)(C)C(C)(C)C)/C(C)=C/C)[C@@H](CC(C)C)C(=O)OCC(Cl)(Cl)Cl. The fraction of sp³-hybridized carbons (Fsp3) is 0.800. The fourth-order valence-corrected chi connectivity index (χ4v) is 5.72. The molecule has 0 rings (SSSR count). The van der Waals surface area contributed by atoms with Gasteiger partial charge in [0.2, 0.25) is 9.70 Å². The number of alkyl halides is 3. The van der Waals surface area contributed by atoms with Crippen LogP contribution in [-0.2, 0) is 23.5 Å². The molecule has 1 amide bonds. The van der Waals surface area contributed by atoms with E-state index in [0.29, 0.717) is 24.4 Å². The van der Waals surface area contributed by atoms with Crippen LogP contribution in [-0.4, -0.2) is 73.0 Å². The molecule has 240 valence electrons. The molecule has 0 aromatic rings. The second-order valence-corrected chi connectivity index (χ2v) is 20.7. The number of carbonyl (C=O) groups excluding carboxylic acids is 2. The number of hydrogen-bond donors (Lipinski definition) is 0. The van der Waals surface area contributed by atoms with Gasteiger partial charge in [-0.2, -0.15) is 0 Å². The molecule has 0 heterocycles. The minimum atomic E-state index is -2.09. The van der Waals surface area contributed by atoms with Crippen LogP contribution < -0.4 is 0 Å². The minimum absolute atomic E-state index is 0.000466. The van der Waals surface area contributed by atoms with Crippen LogP contribution in [0.5, 0.6) is 0 Å². The molecule has 41 heavy (non-hydrogen) atoms. The summed E-state index contributed by atoms with van der Waals surface area (Å²) in [6.45, 7) is 22.5. The number of allylic oxidation sites excluding steroid dienone is 1. The van der Waals surface area contributed by atoms with Gasteiger partial charge in [-0.1, -0.05) is 88.5 Å². The number of thioether (sulfide) groups is 1. The van der Waals surface area contributed by atoms with E-state index in [9.17, 15) is 9.59 Å². The smallest absolute Gasteiger partial charge is 0.329 e. The van der Waals surface area contributed by atoms with Gasteiger partial charge < -0.3 is 18.8 Å². The van der Waals surface area contributed by atoms with Crippen molar-refractivity contribution in [1.82, 2.24) is 4.90 Å². The van der Waals surface area contributed by atoms with E-state index in [1.807, 2.05) is 33.1 Å². The van der Waals surface area contributed by atoms with Gasteiger partial charge in [0, 0.05) is 19.9 Å². The molecule has 0 fully saturated rings. The van der Waals surface area contributed by atoms with Gasteiger partial charge in [0.25, 0.3) is 0 Å². The van der Waals surface area contributed by atoms with Crippen molar-refractivity contribution in [1.29, 1.82) is 0 Å². The Kier molecular flexibility index (Phi) is 17.0. The molecule has 0 saturated carbocycles. The Balaban J connectivity index is 6.17. The lowest BCUT2D eigenvalue weighted by molar-refractivity contribution is -0.153. The van der Waals surface area contributed by atoms with Gasteiger partial charge in [-0.15, -0.1) is 11.8 Å². The monoisotopic (exact) mass is 674 g/mol. The number of carbonyl (C=O) groups is 2. The van der Waals surface area contributed by atoms with Gasteiger partial charge in [-0.05, 0) is 69.5 Å². The fourth-order valence-electron chi connectivity index (χ4n) is 3.85. The number of halogens is 3. The largest absolute Gasteiger partial charge is 0.460 e. The molecular weight excluding hydrogens is 621 g/mol. The number of esters is 1. The number of amides is 1. The zero-order chi connectivity index (χ0) is 33.1. The molecule has 0 bridgehead atoms. The number of ether oxygens (including phenoxy) is 2. The van der Waals surface area contributed by atoms with Gasteiger partial charge in [0.15, 0.2) is 8.32 Å². The average Bonchev–Trinajstić information content (AvgIpc) is 2.87. The van der Waals surface area contributed by atoms with E-state index in [1.54, 1.807) is 18.7 Å². The third-order valence-corrected chi connectivity index (χ3v) is 12.7. The highest BCUT2D eigenvalue weighted by Crippen LogP contribution is 2.40. The summed E-state index contributed by atoms with van der Waals surface area (Å²) in [6.07, 6.45) is 6.31. The van der Waals surface area contributed by atoms with E-state index in [1.165, 1.54) is 4.90 Å². The summed E-state index contributed by atoms with van der Waals surface area (Å²) in [6, 6.07) is -0.979. The second-order valence-electron chi connectivity index (χ2n) is 12.6. The van der Waals surface area contributed by atoms with Crippen molar-refractivity contribution < 1.29 is 24.9 Å². The zero-order valence-electron chi connectivity index (χ0n) is 28.1. The number of likely N-dealkylation sites (N-methyl/N-ethyl adjacent to an activating group) is 1. The lowest BCUT2D eigenvalue weighted by Gasteiger charge is -2.42. The Morgan fingerprint density at radius 2 is 1.71 bits per heavy atom. The zero-order valence-corrected chi connectivity index (χ0v) is 31.2. The van der Waals surface area contributed by atoms with E-state index in [4.69, 9.17) is 50.1 Å². The molecule has 0 N–H and O–H groups in total. The summed E-state index contributed by atoms with van der Waals surface area (Å²) in [5.41, 5.74) is 1.56. The van der Waals surface area contributed by atoms with Crippen LogP contribution in [0.1, 0.15) is 76.5 Å². The normalized spacial score (nSPS) is 17.1. The Morgan fingerprint density at radius 1 is 1.12 bits per heavy atom. The molecule has 0 unspecified atom stereocenters. The number of hydrogen-bond acceptors (Lipinski definition) is 6. The van der Waals surface area contributed by atoms with E-state index in [-0.39, 0.29) is 29.1 Å². The molecule has 6 nitrogen and oxygen atoms in total. The van der Waals surface area contributed by atoms with Crippen molar-refractivity contribution in [2.75, 3.05) is 25.8 Å². The maximum Gasteiger partial charge on any atom is 0.329 e. The second kappa shape index (κ2) is 17.9. The van der Waals surface area contributed by atoms with Crippen LogP contribution in [0.15, 0.2) is 23.3 Å². The quantitative estimate of drug-likeness (QED) is 0.0407. The highest BCUT2D eigenvalue weighted by Gasteiger charge is 2.42. The Hall–Kier alpha value is -0.223. The summed E-state index contributed by atoms with van der Waals surface area (Å²) < 4.78 is 24.7. The molecule has 0 aliphatic heterocycles. The van der Waals surface area contributed by atoms with Gasteiger partial charge in [0.1, 0.15) is 12.6 Å². The standard InChI is InChI=1S/C30H54Cl3NO5SSi/c1-14-21(4)26(39-41(12,13)29(7,8)9)23(6)25(38-19-40-11)16-15-22(5)27(35)34(10)24(17-20(2)3)28(36)37-18-30(31,32)33/h14-15,20,23-26H,16-19H2,1-13H3/b21-14+,22-15+/t23-,24-,25-,26+/m0/s1/i10D. The molecule has 0 aromatic carbocycles. The van der Waals surface area contributed by atoms with Crippen molar-refractivity contribution in [2.24, 2.45) is 11.8 Å². The maximum atomic E-state index is 13.6. The van der Waals surface area contributed by atoms with Crippen LogP contribution in [0.4, 0.5) is 0 Å². The number of nitrogens with zero attached hydrogens (tertiary/aromatic N) is 1. The summed E-state index contributed by atoms with van der Waals surface area (Å²) in [4.78, 5) is 27.7. The maximum absolute atomic E-state index is 13.6. The molecule has 0 aliphatic rings. The molecule has 0 aliphatic carbocycles. The molecular formula is C30H54Cl3NO5SSi. The molecule has 0 spiro atoms. The molecule has 0 radical (unpaired) electrons. The molecule has 11 heteroatoms. The Labute approximate surface area is 271 Å². The Morgan fingerprint density at radius 3 is 2.15 bits per heavy atom. The predicted molar refractivity (Wildman–Crippen MR) is 180 cm³/mol. The molecule has 0 saturated heterocycles. The van der Waals surface area contributed by atoms with Gasteiger partial charge in [-0.25, -0.2) is 4.79 Å². The van der Waals surface area contributed by atoms with Crippen LogP contribution in [0.2, 0.25) is 18.1 Å². The van der Waals surface area contributed by atoms with Crippen molar-refractivity contribution >= 4 is 66.8 Å². The molecule has 0 aromatic heterocycles. The lowest BCUT2D eigenvalue weighted by atomic mass is 9.90. The summed E-state index contributed by atoms with van der Waals surface area (Å²) in [7, 11) is -2.51. The summed E-state index contributed by atoms with van der Waals surface area (Å²) in [5, 5.41) is 0.0453. The van der Waals surface area contributed by atoms with Crippen molar-refractivity contribution in [2.45, 2.75) is 115 Å². The first-order valence-electron chi connectivity index (χ1n) is 14.8. The average molecular weight is 676 g/mol. The third kappa shape index (κ3) is 14.4. The first-order valence-corrected chi connectivity index (χ1v) is 19.5. The van der Waals surface area contributed by atoms with E-state index in [2.05, 4.69) is 53.8 Å².